The molecule has 0 saturated heterocycles. The normalized spacial score (nSPS) is 27.5. The van der Waals surface area contributed by atoms with Gasteiger partial charge in [0.1, 0.15) is 0 Å². The van der Waals surface area contributed by atoms with Crippen LogP contribution in [0.3, 0.4) is 0 Å². The van der Waals surface area contributed by atoms with Crippen molar-refractivity contribution in [1.29, 1.82) is 0 Å². The Hall–Kier alpha value is -1.73. The molecule has 0 amide bonds. The Bertz CT molecular complexity index is 851. The predicted molar refractivity (Wildman–Crippen MR) is 95.0 cm³/mol. The number of hydrogen-bond acceptors (Lipinski definition) is 1. The summed E-state index contributed by atoms with van der Waals surface area (Å²) in [6.07, 6.45) is 6.07. The van der Waals surface area contributed by atoms with Crippen molar-refractivity contribution in [2.75, 3.05) is 0 Å². The van der Waals surface area contributed by atoms with Crippen molar-refractivity contribution in [1.82, 2.24) is 0 Å². The lowest BCUT2D eigenvalue weighted by molar-refractivity contribution is 1.06. The molecule has 0 nitrogen and oxygen atoms in total. The molecule has 2 atom stereocenters. The minimum absolute atomic E-state index is 0.336. The van der Waals surface area contributed by atoms with E-state index in [-0.39, 0.29) is 0 Å². The van der Waals surface area contributed by atoms with Crippen LogP contribution in [0.25, 0.3) is 11.1 Å². The fraction of sp³-hybridized carbons (Fsp3) is 0.238. The van der Waals surface area contributed by atoms with Crippen molar-refractivity contribution in [2.45, 2.75) is 29.9 Å². The van der Waals surface area contributed by atoms with Crippen molar-refractivity contribution in [3.63, 3.8) is 0 Å². The van der Waals surface area contributed by atoms with Crippen LogP contribution in [0.2, 0.25) is 0 Å². The highest BCUT2D eigenvalue weighted by molar-refractivity contribution is 8.02. The van der Waals surface area contributed by atoms with Gasteiger partial charge >= 0.3 is 0 Å². The van der Waals surface area contributed by atoms with Gasteiger partial charge in [-0.2, -0.15) is 0 Å². The zero-order valence-corrected chi connectivity index (χ0v) is 13.7. The molecular weight excluding hydrogens is 284 g/mol. The SMILES string of the molecule is Cc1cccc(C)c1C1=CC=C2c3ccccc3SC23CC13. The summed E-state index contributed by atoms with van der Waals surface area (Å²) in [5.41, 5.74) is 8.88. The van der Waals surface area contributed by atoms with Gasteiger partial charge in [-0.1, -0.05) is 48.6 Å². The van der Waals surface area contributed by atoms with Crippen molar-refractivity contribution in [3.05, 3.63) is 76.9 Å². The molecule has 0 radical (unpaired) electrons. The molecule has 1 heterocycles. The molecule has 1 spiro atoms. The molecule has 1 heteroatoms. The zero-order valence-electron chi connectivity index (χ0n) is 12.9. The second-order valence-corrected chi connectivity index (χ2v) is 8.09. The molecule has 3 aliphatic rings. The van der Waals surface area contributed by atoms with Gasteiger partial charge in [-0.25, -0.2) is 0 Å². The molecule has 0 N–H and O–H groups in total. The van der Waals surface area contributed by atoms with Gasteiger partial charge < -0.3 is 0 Å². The molecular formula is C21H18S. The van der Waals surface area contributed by atoms with Crippen LogP contribution in [-0.4, -0.2) is 4.75 Å². The number of allylic oxidation sites excluding steroid dienone is 3. The van der Waals surface area contributed by atoms with Crippen LogP contribution >= 0.6 is 11.8 Å². The van der Waals surface area contributed by atoms with Crippen molar-refractivity contribution < 1.29 is 0 Å². The molecule has 1 aliphatic heterocycles. The first-order valence-electron chi connectivity index (χ1n) is 7.98. The van der Waals surface area contributed by atoms with Gasteiger partial charge in [-0.3, -0.25) is 0 Å². The van der Waals surface area contributed by atoms with Crippen molar-refractivity contribution >= 4 is 22.9 Å². The Kier molecular flexibility index (Phi) is 2.42. The fourth-order valence-electron chi connectivity index (χ4n) is 4.32. The third-order valence-corrected chi connectivity index (χ3v) is 7.02. The number of benzene rings is 2. The lowest BCUT2D eigenvalue weighted by Gasteiger charge is -2.21. The van der Waals surface area contributed by atoms with Crippen LogP contribution in [0, 0.1) is 19.8 Å². The van der Waals surface area contributed by atoms with E-state index in [4.69, 9.17) is 0 Å². The van der Waals surface area contributed by atoms with E-state index in [1.165, 1.54) is 33.6 Å². The van der Waals surface area contributed by atoms with E-state index >= 15 is 0 Å². The van der Waals surface area contributed by atoms with Gasteiger partial charge in [0.25, 0.3) is 0 Å². The summed E-state index contributed by atoms with van der Waals surface area (Å²) in [7, 11) is 0. The largest absolute Gasteiger partial charge is 0.113 e. The lowest BCUT2D eigenvalue weighted by atomic mass is 9.86. The maximum absolute atomic E-state index is 2.39. The molecule has 108 valence electrons. The van der Waals surface area contributed by atoms with E-state index in [0.717, 1.165) is 0 Å². The van der Waals surface area contributed by atoms with Gasteiger partial charge in [-0.05, 0) is 59.7 Å². The fourth-order valence-corrected chi connectivity index (χ4v) is 5.95. The Morgan fingerprint density at radius 3 is 2.55 bits per heavy atom. The van der Waals surface area contributed by atoms with Crippen LogP contribution in [0.15, 0.2) is 59.5 Å². The number of thioether (sulfide) groups is 1. The minimum atomic E-state index is 0.336. The summed E-state index contributed by atoms with van der Waals surface area (Å²) in [5.74, 6) is 0.685. The summed E-state index contributed by atoms with van der Waals surface area (Å²) in [4.78, 5) is 1.47. The minimum Gasteiger partial charge on any atom is -0.113 e. The van der Waals surface area contributed by atoms with Gasteiger partial charge in [-0.15, -0.1) is 11.8 Å². The summed E-state index contributed by atoms with van der Waals surface area (Å²) < 4.78 is 0.336. The van der Waals surface area contributed by atoms with E-state index in [1.54, 1.807) is 11.1 Å². The third kappa shape index (κ3) is 1.50. The average molecular weight is 302 g/mol. The van der Waals surface area contributed by atoms with Crippen LogP contribution < -0.4 is 0 Å². The van der Waals surface area contributed by atoms with Gasteiger partial charge in [0.2, 0.25) is 0 Å². The van der Waals surface area contributed by atoms with Crippen LogP contribution in [0.1, 0.15) is 28.7 Å². The second kappa shape index (κ2) is 4.17. The smallest absolute Gasteiger partial charge is 0.0537 e. The second-order valence-electron chi connectivity index (χ2n) is 6.71. The molecule has 5 rings (SSSR count). The van der Waals surface area contributed by atoms with Crippen molar-refractivity contribution in [3.8, 4) is 0 Å². The van der Waals surface area contributed by atoms with Gasteiger partial charge in [0.15, 0.2) is 0 Å². The van der Waals surface area contributed by atoms with E-state index in [2.05, 4.69) is 80.2 Å². The predicted octanol–water partition coefficient (Wildman–Crippen LogP) is 5.65. The molecule has 2 aliphatic carbocycles. The van der Waals surface area contributed by atoms with Gasteiger partial charge in [0.05, 0.1) is 4.75 Å². The average Bonchev–Trinajstić information content (AvgIpc) is 3.14. The van der Waals surface area contributed by atoms with Crippen molar-refractivity contribution in [2.24, 2.45) is 5.92 Å². The first-order chi connectivity index (χ1) is 10.7. The Labute approximate surface area is 135 Å². The summed E-state index contributed by atoms with van der Waals surface area (Å²) in [5, 5.41) is 0. The highest BCUT2D eigenvalue weighted by atomic mass is 32.2. The highest BCUT2D eigenvalue weighted by Gasteiger charge is 2.63. The van der Waals surface area contributed by atoms with E-state index in [0.29, 0.717) is 10.7 Å². The quantitative estimate of drug-likeness (QED) is 0.656. The van der Waals surface area contributed by atoms with Crippen LogP contribution in [0.4, 0.5) is 0 Å². The van der Waals surface area contributed by atoms with Crippen LogP contribution in [0.5, 0.6) is 0 Å². The zero-order chi connectivity index (χ0) is 14.9. The van der Waals surface area contributed by atoms with Crippen LogP contribution in [-0.2, 0) is 0 Å². The first-order valence-corrected chi connectivity index (χ1v) is 8.80. The maximum atomic E-state index is 2.39. The van der Waals surface area contributed by atoms with Gasteiger partial charge in [0, 0.05) is 10.8 Å². The number of fused-ring (bicyclic) bond motifs is 2. The standard InChI is InChI=1S/C21H18S/c1-13-6-5-7-14(2)20(13)16-10-11-17-15-8-3-4-9-19(15)22-21(17)12-18(16)21/h3-11,18H,12H2,1-2H3. The monoisotopic (exact) mass is 302 g/mol. The number of aryl methyl sites for hydroxylation is 2. The Balaban J connectivity index is 1.67. The summed E-state index contributed by atoms with van der Waals surface area (Å²) >= 11 is 2.10. The van der Waals surface area contributed by atoms with E-state index in [1.807, 2.05) is 0 Å². The summed E-state index contributed by atoms with van der Waals surface area (Å²) in [6, 6.07) is 15.6. The van der Waals surface area contributed by atoms with E-state index < -0.39 is 0 Å². The maximum Gasteiger partial charge on any atom is 0.0537 e. The summed E-state index contributed by atoms with van der Waals surface area (Å²) in [6.45, 7) is 4.49. The Morgan fingerprint density at radius 1 is 0.955 bits per heavy atom. The molecule has 1 saturated carbocycles. The molecule has 22 heavy (non-hydrogen) atoms. The molecule has 0 aromatic heterocycles. The third-order valence-electron chi connectivity index (χ3n) is 5.41. The number of rotatable bonds is 1. The van der Waals surface area contributed by atoms with E-state index in [9.17, 15) is 0 Å². The molecule has 2 aromatic carbocycles. The molecule has 2 unspecified atom stereocenters. The molecule has 2 aromatic rings. The first kappa shape index (κ1) is 12.8. The Morgan fingerprint density at radius 2 is 1.73 bits per heavy atom. The molecule has 1 fully saturated rings. The number of hydrogen-bond donors (Lipinski definition) is 0. The molecule has 0 bridgehead atoms. The lowest BCUT2D eigenvalue weighted by Crippen LogP contribution is -2.10. The highest BCUT2D eigenvalue weighted by Crippen LogP contribution is 2.73. The topological polar surface area (TPSA) is 0 Å².